The van der Waals surface area contributed by atoms with Gasteiger partial charge in [-0.05, 0) is 38.2 Å². The van der Waals surface area contributed by atoms with Crippen molar-refractivity contribution < 1.29 is 4.79 Å². The van der Waals surface area contributed by atoms with Crippen LogP contribution in [0.2, 0.25) is 0 Å². The number of hydrogen-bond acceptors (Lipinski definition) is 3. The van der Waals surface area contributed by atoms with Crippen LogP contribution in [0.25, 0.3) is 11.2 Å². The summed E-state index contributed by atoms with van der Waals surface area (Å²) < 4.78 is 2.35. The Morgan fingerprint density at radius 3 is 3.00 bits per heavy atom. The van der Waals surface area contributed by atoms with E-state index in [1.807, 2.05) is 12.1 Å². The lowest BCUT2D eigenvalue weighted by Gasteiger charge is -2.20. The summed E-state index contributed by atoms with van der Waals surface area (Å²) in [5.74, 6) is -0.357. The molecule has 6 heteroatoms. The Kier molecular flexibility index (Phi) is 2.74. The van der Waals surface area contributed by atoms with Gasteiger partial charge in [-0.15, -0.1) is 0 Å². The number of fused-ring (bicyclic) bond motifs is 1. The number of hydrogen-bond donors (Lipinski definition) is 2. The zero-order chi connectivity index (χ0) is 12.6. The van der Waals surface area contributed by atoms with Crippen LogP contribution in [-0.2, 0) is 11.3 Å². The van der Waals surface area contributed by atoms with Crippen LogP contribution in [-0.4, -0.2) is 20.4 Å². The fourth-order valence-electron chi connectivity index (χ4n) is 1.61. The molecular formula is C11H14N4OS. The molecule has 3 N–H and O–H groups in total. The number of aromatic nitrogens is 3. The minimum absolute atomic E-state index is 0.357. The topological polar surface area (TPSA) is 76.7 Å². The first kappa shape index (κ1) is 11.8. The molecule has 0 aliphatic carbocycles. The molecule has 0 atom stereocenters. The van der Waals surface area contributed by atoms with Crippen molar-refractivity contribution in [3.63, 3.8) is 0 Å². The van der Waals surface area contributed by atoms with E-state index in [2.05, 4.69) is 9.97 Å². The lowest BCUT2D eigenvalue weighted by Crippen LogP contribution is -2.35. The third-order valence-corrected chi connectivity index (χ3v) is 3.07. The first-order chi connectivity index (χ1) is 7.92. The normalized spacial score (nSPS) is 11.9. The monoisotopic (exact) mass is 250 g/mol. The smallest absolute Gasteiger partial charge is 0.224 e. The van der Waals surface area contributed by atoms with E-state index >= 15 is 0 Å². The van der Waals surface area contributed by atoms with Crippen LogP contribution in [0.4, 0.5) is 0 Å². The predicted molar refractivity (Wildman–Crippen MR) is 67.9 cm³/mol. The van der Waals surface area contributed by atoms with Crippen molar-refractivity contribution in [1.82, 2.24) is 14.5 Å². The molecule has 0 bridgehead atoms. The lowest BCUT2D eigenvalue weighted by molar-refractivity contribution is -0.126. The molecule has 0 saturated heterocycles. The van der Waals surface area contributed by atoms with Gasteiger partial charge in [-0.1, -0.05) is 0 Å². The van der Waals surface area contributed by atoms with Crippen LogP contribution in [0, 0.1) is 10.2 Å². The van der Waals surface area contributed by atoms with Gasteiger partial charge < -0.3 is 15.3 Å². The molecular weight excluding hydrogens is 236 g/mol. The highest BCUT2D eigenvalue weighted by atomic mass is 32.1. The minimum atomic E-state index is -0.662. The van der Waals surface area contributed by atoms with Gasteiger partial charge in [0.15, 0.2) is 10.4 Å². The van der Waals surface area contributed by atoms with E-state index in [-0.39, 0.29) is 5.91 Å². The Balaban J connectivity index is 2.53. The molecule has 0 spiro atoms. The number of rotatable bonds is 3. The van der Waals surface area contributed by atoms with Crippen molar-refractivity contribution in [2.75, 3.05) is 0 Å². The second kappa shape index (κ2) is 3.96. The van der Waals surface area contributed by atoms with E-state index in [0.717, 1.165) is 11.2 Å². The van der Waals surface area contributed by atoms with Crippen molar-refractivity contribution in [3.8, 4) is 0 Å². The van der Waals surface area contributed by atoms with Gasteiger partial charge in [-0.25, -0.2) is 4.98 Å². The van der Waals surface area contributed by atoms with Gasteiger partial charge >= 0.3 is 0 Å². The molecule has 0 radical (unpaired) electrons. The maximum atomic E-state index is 11.3. The number of nitrogens with two attached hydrogens (primary N) is 1. The van der Waals surface area contributed by atoms with Crippen molar-refractivity contribution in [2.24, 2.45) is 11.1 Å². The molecule has 0 aromatic carbocycles. The van der Waals surface area contributed by atoms with Gasteiger partial charge in [0.1, 0.15) is 0 Å². The molecule has 5 nitrogen and oxygen atoms in total. The van der Waals surface area contributed by atoms with Crippen LogP contribution in [0.5, 0.6) is 0 Å². The lowest BCUT2D eigenvalue weighted by atomic mass is 9.93. The minimum Gasteiger partial charge on any atom is -0.369 e. The molecule has 0 aliphatic rings. The second-order valence-corrected chi connectivity index (χ2v) is 5.03. The number of aromatic amines is 1. The predicted octanol–water partition coefficient (Wildman–Crippen LogP) is 1.61. The third-order valence-electron chi connectivity index (χ3n) is 2.75. The van der Waals surface area contributed by atoms with E-state index in [4.69, 9.17) is 18.0 Å². The Bertz CT molecular complexity index is 626. The van der Waals surface area contributed by atoms with Crippen LogP contribution < -0.4 is 5.73 Å². The Hall–Kier alpha value is -1.69. The molecule has 0 fully saturated rings. The molecule has 0 aliphatic heterocycles. The zero-order valence-corrected chi connectivity index (χ0v) is 10.5. The van der Waals surface area contributed by atoms with E-state index in [0.29, 0.717) is 11.3 Å². The van der Waals surface area contributed by atoms with Gasteiger partial charge in [-0.2, -0.15) is 0 Å². The summed E-state index contributed by atoms with van der Waals surface area (Å²) in [5.41, 5.74) is 6.30. The fourth-order valence-corrected chi connectivity index (χ4v) is 1.87. The molecule has 0 saturated carbocycles. The molecule has 0 unspecified atom stereocenters. The van der Waals surface area contributed by atoms with E-state index < -0.39 is 5.41 Å². The Morgan fingerprint density at radius 2 is 2.35 bits per heavy atom. The summed E-state index contributed by atoms with van der Waals surface area (Å²) in [6, 6.07) is 3.73. The first-order valence-corrected chi connectivity index (χ1v) is 5.66. The average Bonchev–Trinajstić information content (AvgIpc) is 2.55. The quantitative estimate of drug-likeness (QED) is 0.812. The second-order valence-electron chi connectivity index (χ2n) is 4.64. The van der Waals surface area contributed by atoms with Gasteiger partial charge in [0.05, 0.1) is 10.9 Å². The van der Waals surface area contributed by atoms with Gasteiger partial charge in [0, 0.05) is 12.7 Å². The highest BCUT2D eigenvalue weighted by Gasteiger charge is 2.26. The summed E-state index contributed by atoms with van der Waals surface area (Å²) in [7, 11) is 0. The van der Waals surface area contributed by atoms with Crippen molar-refractivity contribution in [3.05, 3.63) is 23.1 Å². The highest BCUT2D eigenvalue weighted by Crippen LogP contribution is 2.20. The SMILES string of the molecule is CC(C)(Cn1c(=S)[nH]c2cccnc21)C(N)=O. The van der Waals surface area contributed by atoms with Crippen molar-refractivity contribution in [2.45, 2.75) is 20.4 Å². The molecule has 1 amide bonds. The van der Waals surface area contributed by atoms with E-state index in [1.54, 1.807) is 24.6 Å². The number of amides is 1. The fraction of sp³-hybridized carbons (Fsp3) is 0.364. The maximum absolute atomic E-state index is 11.3. The first-order valence-electron chi connectivity index (χ1n) is 5.25. The Labute approximate surface area is 104 Å². The molecule has 2 heterocycles. The van der Waals surface area contributed by atoms with Crippen molar-refractivity contribution in [1.29, 1.82) is 0 Å². The summed E-state index contributed by atoms with van der Waals surface area (Å²) in [6.45, 7) is 4.00. The molecule has 17 heavy (non-hydrogen) atoms. The summed E-state index contributed by atoms with van der Waals surface area (Å²) in [4.78, 5) is 18.6. The molecule has 2 rings (SSSR count). The average molecular weight is 250 g/mol. The molecule has 2 aromatic heterocycles. The number of H-pyrrole nitrogens is 1. The summed E-state index contributed by atoms with van der Waals surface area (Å²) >= 11 is 5.22. The standard InChI is InChI=1S/C11H14N4OS/c1-11(2,9(12)16)6-15-8-7(14-10(15)17)4-3-5-13-8/h3-5H,6H2,1-2H3,(H2,12,16)(H,14,17). The van der Waals surface area contributed by atoms with Crippen LogP contribution in [0.1, 0.15) is 13.8 Å². The van der Waals surface area contributed by atoms with Crippen LogP contribution in [0.3, 0.4) is 0 Å². The zero-order valence-electron chi connectivity index (χ0n) is 9.73. The maximum Gasteiger partial charge on any atom is 0.224 e. The number of pyridine rings is 1. The Morgan fingerprint density at radius 1 is 1.65 bits per heavy atom. The number of nitrogens with zero attached hydrogens (tertiary/aromatic N) is 2. The van der Waals surface area contributed by atoms with E-state index in [1.165, 1.54) is 0 Å². The third kappa shape index (κ3) is 2.08. The number of imidazole rings is 1. The largest absolute Gasteiger partial charge is 0.369 e. The number of carbonyl (C=O) groups is 1. The van der Waals surface area contributed by atoms with Gasteiger partial charge in [0.2, 0.25) is 5.91 Å². The number of nitrogens with one attached hydrogen (secondary N) is 1. The number of primary amides is 1. The molecule has 2 aromatic rings. The number of carbonyl (C=O) groups excluding carboxylic acids is 1. The van der Waals surface area contributed by atoms with Crippen LogP contribution >= 0.6 is 12.2 Å². The highest BCUT2D eigenvalue weighted by molar-refractivity contribution is 7.71. The van der Waals surface area contributed by atoms with Gasteiger partial charge in [-0.3, -0.25) is 4.79 Å². The van der Waals surface area contributed by atoms with E-state index in [9.17, 15) is 4.79 Å². The molecule has 90 valence electrons. The van der Waals surface area contributed by atoms with Crippen LogP contribution in [0.15, 0.2) is 18.3 Å². The summed E-state index contributed by atoms with van der Waals surface area (Å²) in [6.07, 6.45) is 1.69. The summed E-state index contributed by atoms with van der Waals surface area (Å²) in [5, 5.41) is 0. The van der Waals surface area contributed by atoms with Crippen molar-refractivity contribution >= 4 is 29.3 Å². The van der Waals surface area contributed by atoms with Gasteiger partial charge in [0.25, 0.3) is 0 Å².